The second-order valence-electron chi connectivity index (χ2n) is 11.3. The summed E-state index contributed by atoms with van der Waals surface area (Å²) >= 11 is 0. The molecule has 0 bridgehead atoms. The molecule has 0 aliphatic heterocycles. The maximum Gasteiger partial charge on any atom is 0.143 e. The predicted octanol–water partition coefficient (Wildman–Crippen LogP) is 9.98. The van der Waals surface area contributed by atoms with Crippen LogP contribution in [0.5, 0.6) is 11.5 Å². The molecule has 0 spiro atoms. The lowest BCUT2D eigenvalue weighted by molar-refractivity contribution is 0.414. The predicted molar refractivity (Wildman–Crippen MR) is 163 cm³/mol. The van der Waals surface area contributed by atoms with E-state index >= 15 is 0 Å². The summed E-state index contributed by atoms with van der Waals surface area (Å²) in [7, 11) is 3.38. The van der Waals surface area contributed by atoms with Crippen LogP contribution in [0.2, 0.25) is 0 Å². The highest BCUT2D eigenvalue weighted by atomic mass is 16.5. The van der Waals surface area contributed by atoms with E-state index in [4.69, 9.17) is 13.9 Å². The molecule has 0 saturated heterocycles. The largest absolute Gasteiger partial charge is 0.497 e. The average molecular weight is 511 g/mol. The highest BCUT2D eigenvalue weighted by Crippen LogP contribution is 2.47. The Kier molecular flexibility index (Phi) is 5.15. The Morgan fingerprint density at radius 2 is 1.13 bits per heavy atom. The SMILES string of the molecule is COc1ccc(-c2cc3c(o2)c(-c2ccc(OC)cc2)c2ccc4cc(C(C)(C)C)cc5ccc3c2c45)cc1. The quantitative estimate of drug-likeness (QED) is 0.221. The van der Waals surface area contributed by atoms with E-state index < -0.39 is 0 Å². The fourth-order valence-corrected chi connectivity index (χ4v) is 5.87. The third-order valence-corrected chi connectivity index (χ3v) is 7.99. The average Bonchev–Trinajstić information content (AvgIpc) is 3.40. The molecule has 0 atom stereocenters. The second-order valence-corrected chi connectivity index (χ2v) is 11.3. The lowest BCUT2D eigenvalue weighted by atomic mass is 9.82. The molecule has 6 aromatic carbocycles. The molecular formula is C36H30O3. The van der Waals surface area contributed by atoms with Crippen molar-refractivity contribution in [3.63, 3.8) is 0 Å². The van der Waals surface area contributed by atoms with Gasteiger partial charge in [0.2, 0.25) is 0 Å². The van der Waals surface area contributed by atoms with Crippen molar-refractivity contribution < 1.29 is 13.9 Å². The summed E-state index contributed by atoms with van der Waals surface area (Å²) in [5.41, 5.74) is 5.54. The molecule has 7 aromatic rings. The molecule has 0 saturated carbocycles. The molecule has 0 radical (unpaired) electrons. The summed E-state index contributed by atoms with van der Waals surface area (Å²) in [5.74, 6) is 2.50. The second kappa shape index (κ2) is 8.51. The van der Waals surface area contributed by atoms with Crippen LogP contribution in [0.15, 0.2) is 95.4 Å². The van der Waals surface area contributed by atoms with Crippen molar-refractivity contribution >= 4 is 43.3 Å². The van der Waals surface area contributed by atoms with Gasteiger partial charge in [0.05, 0.1) is 14.2 Å². The van der Waals surface area contributed by atoms with E-state index in [0.717, 1.165) is 44.9 Å². The maximum absolute atomic E-state index is 6.71. The van der Waals surface area contributed by atoms with Gasteiger partial charge in [0.1, 0.15) is 22.8 Å². The Morgan fingerprint density at radius 1 is 0.564 bits per heavy atom. The number of hydrogen-bond acceptors (Lipinski definition) is 3. The minimum Gasteiger partial charge on any atom is -0.497 e. The maximum atomic E-state index is 6.71. The molecule has 1 aromatic heterocycles. The van der Waals surface area contributed by atoms with Gasteiger partial charge in [0.15, 0.2) is 0 Å². The van der Waals surface area contributed by atoms with Crippen molar-refractivity contribution in [2.24, 2.45) is 0 Å². The summed E-state index contributed by atoms with van der Waals surface area (Å²) in [5, 5.41) is 8.66. The van der Waals surface area contributed by atoms with Crippen LogP contribution in [-0.2, 0) is 5.41 Å². The van der Waals surface area contributed by atoms with E-state index in [1.807, 2.05) is 36.4 Å². The van der Waals surface area contributed by atoms with Crippen LogP contribution in [0.3, 0.4) is 0 Å². The smallest absolute Gasteiger partial charge is 0.143 e. The minimum absolute atomic E-state index is 0.0732. The summed E-state index contributed by atoms with van der Waals surface area (Å²) < 4.78 is 17.5. The normalized spacial score (nSPS) is 12.2. The van der Waals surface area contributed by atoms with Gasteiger partial charge in [-0.3, -0.25) is 0 Å². The van der Waals surface area contributed by atoms with Crippen molar-refractivity contribution in [3.05, 3.63) is 96.6 Å². The van der Waals surface area contributed by atoms with Crippen molar-refractivity contribution in [1.29, 1.82) is 0 Å². The molecule has 3 heteroatoms. The van der Waals surface area contributed by atoms with Crippen LogP contribution in [0.25, 0.3) is 65.7 Å². The zero-order valence-corrected chi connectivity index (χ0v) is 22.9. The van der Waals surface area contributed by atoms with E-state index in [-0.39, 0.29) is 5.41 Å². The fraction of sp³-hybridized carbons (Fsp3) is 0.167. The molecule has 192 valence electrons. The first kappa shape index (κ1) is 23.6. The molecule has 7 rings (SSSR count). The van der Waals surface area contributed by atoms with Crippen LogP contribution in [0.1, 0.15) is 26.3 Å². The first-order valence-electron chi connectivity index (χ1n) is 13.3. The lowest BCUT2D eigenvalue weighted by Crippen LogP contribution is -2.10. The van der Waals surface area contributed by atoms with Gasteiger partial charge < -0.3 is 13.9 Å². The molecular weight excluding hydrogens is 480 g/mol. The van der Waals surface area contributed by atoms with Gasteiger partial charge >= 0.3 is 0 Å². The molecule has 0 amide bonds. The van der Waals surface area contributed by atoms with Gasteiger partial charge in [-0.25, -0.2) is 0 Å². The summed E-state index contributed by atoms with van der Waals surface area (Å²) in [6.07, 6.45) is 0. The topological polar surface area (TPSA) is 31.6 Å². The molecule has 0 aliphatic rings. The van der Waals surface area contributed by atoms with Crippen molar-refractivity contribution in [2.45, 2.75) is 26.2 Å². The molecule has 0 unspecified atom stereocenters. The molecule has 39 heavy (non-hydrogen) atoms. The zero-order valence-electron chi connectivity index (χ0n) is 22.9. The van der Waals surface area contributed by atoms with Gasteiger partial charge in [-0.1, -0.05) is 69.3 Å². The van der Waals surface area contributed by atoms with E-state index in [2.05, 4.69) is 75.4 Å². The first-order chi connectivity index (χ1) is 18.9. The number of methoxy groups -OCH3 is 2. The zero-order chi connectivity index (χ0) is 26.9. The van der Waals surface area contributed by atoms with Crippen LogP contribution in [-0.4, -0.2) is 14.2 Å². The standard InChI is InChI=1S/C36H30O3/c1-36(2,3)25-18-23-10-16-28-30-20-31(21-6-12-26(37-4)13-7-21)39-35(30)33(22-8-14-27(38-5)15-9-22)29-17-11-24(19-25)32(23)34(28)29/h6-20H,1-5H3. The monoisotopic (exact) mass is 510 g/mol. The Hall–Kier alpha value is -4.50. The number of ether oxygens (including phenoxy) is 2. The molecule has 3 nitrogen and oxygen atoms in total. The lowest BCUT2D eigenvalue weighted by Gasteiger charge is -2.22. The van der Waals surface area contributed by atoms with Crippen LogP contribution >= 0.6 is 0 Å². The highest BCUT2D eigenvalue weighted by molar-refractivity contribution is 6.32. The van der Waals surface area contributed by atoms with E-state index in [1.165, 1.54) is 37.9 Å². The molecule has 0 N–H and O–H groups in total. The van der Waals surface area contributed by atoms with Gasteiger partial charge in [-0.05, 0) is 91.3 Å². The number of benzene rings is 6. The van der Waals surface area contributed by atoms with Crippen LogP contribution in [0, 0.1) is 0 Å². The van der Waals surface area contributed by atoms with E-state index in [9.17, 15) is 0 Å². The summed E-state index contributed by atoms with van der Waals surface area (Å²) in [4.78, 5) is 0. The highest BCUT2D eigenvalue weighted by Gasteiger charge is 2.22. The Morgan fingerprint density at radius 3 is 1.69 bits per heavy atom. The fourth-order valence-electron chi connectivity index (χ4n) is 5.87. The number of furan rings is 1. The first-order valence-corrected chi connectivity index (χ1v) is 13.3. The number of rotatable bonds is 4. The third-order valence-electron chi connectivity index (χ3n) is 7.99. The molecule has 1 heterocycles. The van der Waals surface area contributed by atoms with Gasteiger partial charge in [0, 0.05) is 16.5 Å². The Labute approximate surface area is 227 Å². The minimum atomic E-state index is 0.0732. The van der Waals surface area contributed by atoms with E-state index in [1.54, 1.807) is 14.2 Å². The van der Waals surface area contributed by atoms with Crippen LogP contribution in [0.4, 0.5) is 0 Å². The van der Waals surface area contributed by atoms with Crippen molar-refractivity contribution in [2.75, 3.05) is 14.2 Å². The number of hydrogen-bond donors (Lipinski definition) is 0. The van der Waals surface area contributed by atoms with Crippen molar-refractivity contribution in [1.82, 2.24) is 0 Å². The molecule has 0 aliphatic carbocycles. The van der Waals surface area contributed by atoms with Crippen LogP contribution < -0.4 is 9.47 Å². The Bertz CT molecular complexity index is 1970. The molecule has 0 fully saturated rings. The number of fused-ring (bicyclic) bond motifs is 2. The van der Waals surface area contributed by atoms with Crippen molar-refractivity contribution in [3.8, 4) is 33.9 Å². The van der Waals surface area contributed by atoms with E-state index in [0.29, 0.717) is 0 Å². The Balaban J connectivity index is 1.60. The van der Waals surface area contributed by atoms with Gasteiger partial charge in [-0.2, -0.15) is 0 Å². The van der Waals surface area contributed by atoms with Gasteiger partial charge in [-0.15, -0.1) is 0 Å². The summed E-state index contributed by atoms with van der Waals surface area (Å²) in [6.45, 7) is 6.83. The third kappa shape index (κ3) is 3.64. The summed E-state index contributed by atoms with van der Waals surface area (Å²) in [6, 6.07) is 32.3. The van der Waals surface area contributed by atoms with Gasteiger partial charge in [0.25, 0.3) is 0 Å².